The molecular weight excluding hydrogens is 418 g/mol. The van der Waals surface area contributed by atoms with Gasteiger partial charge in [-0.1, -0.05) is 18.2 Å². The van der Waals surface area contributed by atoms with Crippen LogP contribution in [0.1, 0.15) is 5.56 Å². The maximum Gasteiger partial charge on any atom is 0.160 e. The van der Waals surface area contributed by atoms with E-state index in [0.717, 1.165) is 52.3 Å². The molecule has 0 spiro atoms. The Morgan fingerprint density at radius 2 is 2.00 bits per heavy atom. The van der Waals surface area contributed by atoms with E-state index in [9.17, 15) is 0 Å². The van der Waals surface area contributed by atoms with Crippen molar-refractivity contribution in [2.24, 2.45) is 5.10 Å². The standard InChI is InChI=1S/C23H21N9O/c1-2-4-19-18(3-1)17(13-24-19)15-27-29-21-12-23(31-7-9-33-10-8-31)32-22(28-21)11-20(30-32)16-5-6-25-26-14-16/h1-6,11-15,24H,7-10H2,(H,28,29)/b27-15+. The Balaban J connectivity index is 1.36. The first-order valence-corrected chi connectivity index (χ1v) is 10.7. The van der Waals surface area contributed by atoms with Crippen molar-refractivity contribution in [1.82, 2.24) is 29.8 Å². The monoisotopic (exact) mass is 439 g/mol. The first-order chi connectivity index (χ1) is 16.3. The summed E-state index contributed by atoms with van der Waals surface area (Å²) in [5.74, 6) is 1.57. The van der Waals surface area contributed by atoms with E-state index >= 15 is 0 Å². The predicted octanol–water partition coefficient (Wildman–Crippen LogP) is 2.95. The quantitative estimate of drug-likeness (QED) is 0.320. The lowest BCUT2D eigenvalue weighted by Gasteiger charge is -2.29. The lowest BCUT2D eigenvalue weighted by Crippen LogP contribution is -2.37. The van der Waals surface area contributed by atoms with Gasteiger partial charge in [0, 0.05) is 53.4 Å². The van der Waals surface area contributed by atoms with Crippen molar-refractivity contribution in [1.29, 1.82) is 0 Å². The predicted molar refractivity (Wildman–Crippen MR) is 127 cm³/mol. The first kappa shape index (κ1) is 19.4. The number of morpholine rings is 1. The third-order valence-corrected chi connectivity index (χ3v) is 5.63. The number of rotatable bonds is 5. The molecule has 0 amide bonds. The highest BCUT2D eigenvalue weighted by Gasteiger charge is 2.18. The second kappa shape index (κ2) is 8.32. The number of fused-ring (bicyclic) bond motifs is 2. The molecule has 10 nitrogen and oxygen atoms in total. The number of nitrogens with one attached hydrogen (secondary N) is 2. The molecule has 0 atom stereocenters. The van der Waals surface area contributed by atoms with Crippen LogP contribution in [0.5, 0.6) is 0 Å². The second-order valence-electron chi connectivity index (χ2n) is 7.69. The van der Waals surface area contributed by atoms with Crippen LogP contribution in [0.3, 0.4) is 0 Å². The van der Waals surface area contributed by atoms with Gasteiger partial charge in [-0.2, -0.15) is 24.9 Å². The number of aromatic nitrogens is 6. The van der Waals surface area contributed by atoms with Gasteiger partial charge in [0.15, 0.2) is 11.5 Å². The van der Waals surface area contributed by atoms with Crippen LogP contribution < -0.4 is 10.3 Å². The summed E-state index contributed by atoms with van der Waals surface area (Å²) in [6.07, 6.45) is 7.09. The van der Waals surface area contributed by atoms with Crippen molar-refractivity contribution >= 4 is 34.4 Å². The summed E-state index contributed by atoms with van der Waals surface area (Å²) in [5.41, 5.74) is 7.56. The topological polar surface area (TPSA) is 109 Å². The molecular formula is C23H21N9O. The normalized spacial score (nSPS) is 14.5. The third kappa shape index (κ3) is 3.76. The molecule has 0 bridgehead atoms. The number of nitrogens with zero attached hydrogens (tertiary/aromatic N) is 7. The van der Waals surface area contributed by atoms with Gasteiger partial charge >= 0.3 is 0 Å². The summed E-state index contributed by atoms with van der Waals surface area (Å²) >= 11 is 0. The van der Waals surface area contributed by atoms with Gasteiger partial charge in [0.05, 0.1) is 37.5 Å². The van der Waals surface area contributed by atoms with Crippen LogP contribution in [0.15, 0.2) is 66.2 Å². The zero-order valence-electron chi connectivity index (χ0n) is 17.7. The van der Waals surface area contributed by atoms with Crippen LogP contribution in [0.4, 0.5) is 11.6 Å². The molecule has 1 saturated heterocycles. The Morgan fingerprint density at radius 3 is 2.88 bits per heavy atom. The van der Waals surface area contributed by atoms with E-state index in [2.05, 4.69) is 36.7 Å². The molecule has 1 aromatic carbocycles. The summed E-state index contributed by atoms with van der Waals surface area (Å²) in [5, 5.41) is 18.2. The number of hydrazone groups is 1. The summed E-state index contributed by atoms with van der Waals surface area (Å²) < 4.78 is 7.39. The lowest BCUT2D eigenvalue weighted by atomic mass is 10.2. The number of aromatic amines is 1. The van der Waals surface area contributed by atoms with E-state index in [-0.39, 0.29) is 0 Å². The summed E-state index contributed by atoms with van der Waals surface area (Å²) in [6, 6.07) is 13.9. The van der Waals surface area contributed by atoms with Gasteiger partial charge in [0.1, 0.15) is 5.82 Å². The Kier molecular flexibility index (Phi) is 4.89. The van der Waals surface area contributed by atoms with Crippen molar-refractivity contribution < 1.29 is 4.74 Å². The molecule has 5 aromatic rings. The number of H-pyrrole nitrogens is 1. The minimum Gasteiger partial charge on any atom is -0.378 e. The van der Waals surface area contributed by atoms with Crippen LogP contribution in [-0.4, -0.2) is 62.3 Å². The fourth-order valence-corrected chi connectivity index (χ4v) is 3.99. The zero-order chi connectivity index (χ0) is 22.0. The average Bonchev–Trinajstić information content (AvgIpc) is 3.49. The lowest BCUT2D eigenvalue weighted by molar-refractivity contribution is 0.122. The van der Waals surface area contributed by atoms with Crippen LogP contribution in [0.25, 0.3) is 27.8 Å². The van der Waals surface area contributed by atoms with E-state index < -0.39 is 0 Å². The van der Waals surface area contributed by atoms with Crippen molar-refractivity contribution in [2.45, 2.75) is 0 Å². The number of benzene rings is 1. The smallest absolute Gasteiger partial charge is 0.160 e. The molecule has 10 heteroatoms. The Bertz CT molecular complexity index is 1430. The zero-order valence-corrected chi connectivity index (χ0v) is 17.7. The minimum atomic E-state index is 0.638. The fraction of sp³-hybridized carbons (Fsp3) is 0.174. The summed E-state index contributed by atoms with van der Waals surface area (Å²) in [4.78, 5) is 10.2. The molecule has 1 aliphatic heterocycles. The molecule has 2 N–H and O–H groups in total. The Hall–Kier alpha value is -4.31. The Morgan fingerprint density at radius 1 is 1.09 bits per heavy atom. The number of para-hydroxylation sites is 1. The van der Waals surface area contributed by atoms with Gasteiger partial charge in [-0.3, -0.25) is 5.43 Å². The van der Waals surface area contributed by atoms with Crippen LogP contribution in [0.2, 0.25) is 0 Å². The number of anilines is 2. The number of ether oxygens (including phenoxy) is 1. The van der Waals surface area contributed by atoms with Gasteiger partial charge in [-0.05, 0) is 12.1 Å². The molecule has 1 fully saturated rings. The Labute approximate surface area is 188 Å². The molecule has 4 aromatic heterocycles. The molecule has 0 saturated carbocycles. The highest BCUT2D eigenvalue weighted by molar-refractivity contribution is 5.99. The van der Waals surface area contributed by atoms with Gasteiger partial charge in [-0.15, -0.1) is 0 Å². The molecule has 0 unspecified atom stereocenters. The van der Waals surface area contributed by atoms with Crippen LogP contribution in [-0.2, 0) is 4.74 Å². The van der Waals surface area contributed by atoms with Gasteiger partial charge < -0.3 is 14.6 Å². The van der Waals surface area contributed by atoms with Gasteiger partial charge in [0.25, 0.3) is 0 Å². The van der Waals surface area contributed by atoms with Gasteiger partial charge in [0.2, 0.25) is 0 Å². The molecule has 6 rings (SSSR count). The van der Waals surface area contributed by atoms with Crippen LogP contribution >= 0.6 is 0 Å². The molecule has 5 heterocycles. The van der Waals surface area contributed by atoms with Crippen molar-refractivity contribution in [3.63, 3.8) is 0 Å². The minimum absolute atomic E-state index is 0.638. The number of hydrogen-bond donors (Lipinski definition) is 2. The molecule has 0 aliphatic carbocycles. The van der Waals surface area contributed by atoms with E-state index in [1.807, 2.05) is 47.1 Å². The van der Waals surface area contributed by atoms with Crippen molar-refractivity contribution in [3.8, 4) is 11.3 Å². The van der Waals surface area contributed by atoms with Crippen molar-refractivity contribution in [3.05, 3.63) is 66.6 Å². The van der Waals surface area contributed by atoms with E-state index in [1.165, 1.54) is 0 Å². The third-order valence-electron chi connectivity index (χ3n) is 5.63. The molecule has 33 heavy (non-hydrogen) atoms. The van der Waals surface area contributed by atoms with E-state index in [0.29, 0.717) is 19.0 Å². The number of hydrogen-bond acceptors (Lipinski definition) is 8. The first-order valence-electron chi connectivity index (χ1n) is 10.7. The van der Waals surface area contributed by atoms with Crippen molar-refractivity contribution in [2.75, 3.05) is 36.6 Å². The maximum atomic E-state index is 5.54. The highest BCUT2D eigenvalue weighted by Crippen LogP contribution is 2.25. The molecule has 164 valence electrons. The molecule has 0 radical (unpaired) electrons. The van der Waals surface area contributed by atoms with E-state index in [4.69, 9.17) is 14.8 Å². The van der Waals surface area contributed by atoms with E-state index in [1.54, 1.807) is 18.6 Å². The SMILES string of the molecule is C(=N\Nc1cc(N2CCOCC2)n2nc(-c3ccnnc3)cc2n1)/c1c[nH]c2ccccc12. The maximum absolute atomic E-state index is 5.54. The summed E-state index contributed by atoms with van der Waals surface area (Å²) in [7, 11) is 0. The molecule has 1 aliphatic rings. The van der Waals surface area contributed by atoms with Crippen LogP contribution in [0, 0.1) is 0 Å². The average molecular weight is 439 g/mol. The highest BCUT2D eigenvalue weighted by atomic mass is 16.5. The summed E-state index contributed by atoms with van der Waals surface area (Å²) in [6.45, 7) is 2.91. The fourth-order valence-electron chi connectivity index (χ4n) is 3.99. The van der Waals surface area contributed by atoms with Gasteiger partial charge in [-0.25, -0.2) is 4.98 Å². The second-order valence-corrected chi connectivity index (χ2v) is 7.69. The largest absolute Gasteiger partial charge is 0.378 e.